The summed E-state index contributed by atoms with van der Waals surface area (Å²) in [5.41, 5.74) is 3.52. The van der Waals surface area contributed by atoms with Crippen molar-refractivity contribution in [1.82, 2.24) is 9.97 Å². The molecule has 0 radical (unpaired) electrons. The lowest BCUT2D eigenvalue weighted by molar-refractivity contribution is 0.749. The molecule has 1 aromatic heterocycles. The van der Waals surface area contributed by atoms with Gasteiger partial charge in [0.15, 0.2) is 0 Å². The van der Waals surface area contributed by atoms with E-state index in [0.29, 0.717) is 11.1 Å². The molecule has 0 aliphatic carbocycles. The number of benzene rings is 2. The Balaban J connectivity index is 1.64. The van der Waals surface area contributed by atoms with Crippen LogP contribution in [0.5, 0.6) is 0 Å². The smallest absolute Gasteiger partial charge is 0.138 e. The quantitative estimate of drug-likeness (QED) is 0.734. The van der Waals surface area contributed by atoms with Gasteiger partial charge in [0.25, 0.3) is 0 Å². The van der Waals surface area contributed by atoms with Gasteiger partial charge in [-0.15, -0.1) is 0 Å². The Bertz CT molecular complexity index is 863. The molecule has 4 rings (SSSR count). The van der Waals surface area contributed by atoms with Crippen molar-refractivity contribution in [1.29, 1.82) is 0 Å². The molecule has 4 nitrogen and oxygen atoms in total. The number of hydrogen-bond acceptors (Lipinski definition) is 4. The highest BCUT2D eigenvalue weighted by molar-refractivity contribution is 6.30. The lowest BCUT2D eigenvalue weighted by atomic mass is 10.1. The minimum absolute atomic E-state index is 0.376. The van der Waals surface area contributed by atoms with Crippen LogP contribution in [-0.2, 0) is 6.42 Å². The third-order valence-electron chi connectivity index (χ3n) is 4.22. The summed E-state index contributed by atoms with van der Waals surface area (Å²) in [5, 5.41) is 4.01. The maximum atomic E-state index is 5.93. The van der Waals surface area contributed by atoms with Crippen LogP contribution in [0.2, 0.25) is 5.02 Å². The molecule has 0 amide bonds. The number of halogens is 1. The van der Waals surface area contributed by atoms with Gasteiger partial charge in [0.05, 0.1) is 0 Å². The summed E-state index contributed by atoms with van der Waals surface area (Å²) in [6.45, 7) is 2.22. The molecule has 3 aromatic rings. The lowest BCUT2D eigenvalue weighted by Gasteiger charge is -2.24. The fourth-order valence-corrected chi connectivity index (χ4v) is 3.27. The van der Waals surface area contributed by atoms with Gasteiger partial charge in [-0.25, -0.2) is 9.97 Å². The first kappa shape index (κ1) is 15.0. The number of rotatable bonds is 3. The van der Waals surface area contributed by atoms with Gasteiger partial charge in [-0.3, -0.25) is 0 Å². The molecule has 2 heterocycles. The van der Waals surface area contributed by atoms with Gasteiger partial charge in [0.1, 0.15) is 18.0 Å². The Morgan fingerprint density at radius 3 is 2.71 bits per heavy atom. The number of nitrogens with zero attached hydrogens (tertiary/aromatic N) is 3. The van der Waals surface area contributed by atoms with Crippen LogP contribution in [0.1, 0.15) is 12.5 Å². The van der Waals surface area contributed by atoms with Crippen LogP contribution in [0, 0.1) is 0 Å². The molecule has 24 heavy (non-hydrogen) atoms. The zero-order chi connectivity index (χ0) is 16.5. The molecule has 2 aromatic carbocycles. The van der Waals surface area contributed by atoms with E-state index in [1.165, 1.54) is 11.3 Å². The van der Waals surface area contributed by atoms with Crippen molar-refractivity contribution in [2.24, 2.45) is 0 Å². The number of nitrogens with one attached hydrogen (secondary N) is 1. The van der Waals surface area contributed by atoms with E-state index in [1.54, 1.807) is 6.33 Å². The van der Waals surface area contributed by atoms with Crippen molar-refractivity contribution in [2.75, 3.05) is 10.2 Å². The lowest BCUT2D eigenvalue weighted by Crippen LogP contribution is -2.24. The number of fused-ring (bicyclic) bond motifs is 1. The van der Waals surface area contributed by atoms with Crippen LogP contribution in [0.3, 0.4) is 0 Å². The summed E-state index contributed by atoms with van der Waals surface area (Å²) >= 11 is 5.93. The highest BCUT2D eigenvalue weighted by atomic mass is 35.5. The standard InChI is InChI=1S/C19H17ClN4/c1-13-10-14-4-2-3-5-17(14)24(13)19-11-18(21-12-22-19)23-16-8-6-15(20)7-9-16/h2-9,11-13H,10H2,1H3,(H,21,22,23). The molecule has 120 valence electrons. The maximum absolute atomic E-state index is 5.93. The van der Waals surface area contributed by atoms with E-state index in [9.17, 15) is 0 Å². The summed E-state index contributed by atoms with van der Waals surface area (Å²) in [6.07, 6.45) is 2.63. The highest BCUT2D eigenvalue weighted by Gasteiger charge is 2.27. The van der Waals surface area contributed by atoms with Crippen molar-refractivity contribution in [2.45, 2.75) is 19.4 Å². The van der Waals surface area contributed by atoms with Crippen LogP contribution >= 0.6 is 11.6 Å². The fraction of sp³-hybridized carbons (Fsp3) is 0.158. The number of anilines is 4. The zero-order valence-electron chi connectivity index (χ0n) is 13.3. The molecule has 1 aliphatic rings. The van der Waals surface area contributed by atoms with Gasteiger partial charge in [-0.2, -0.15) is 0 Å². The first-order chi connectivity index (χ1) is 11.7. The molecule has 5 heteroatoms. The number of hydrogen-bond donors (Lipinski definition) is 1. The number of aromatic nitrogens is 2. The monoisotopic (exact) mass is 336 g/mol. The van der Waals surface area contributed by atoms with Crippen molar-refractivity contribution in [3.63, 3.8) is 0 Å². The van der Waals surface area contributed by atoms with E-state index in [0.717, 1.165) is 23.7 Å². The topological polar surface area (TPSA) is 41.0 Å². The van der Waals surface area contributed by atoms with Crippen molar-refractivity contribution >= 4 is 34.6 Å². The first-order valence-corrected chi connectivity index (χ1v) is 8.30. The Kier molecular flexibility index (Phi) is 3.82. The van der Waals surface area contributed by atoms with E-state index < -0.39 is 0 Å². The van der Waals surface area contributed by atoms with Crippen molar-refractivity contribution < 1.29 is 0 Å². The Labute approximate surface area is 146 Å². The molecule has 1 aliphatic heterocycles. The first-order valence-electron chi connectivity index (χ1n) is 7.92. The zero-order valence-corrected chi connectivity index (χ0v) is 14.0. The highest BCUT2D eigenvalue weighted by Crippen LogP contribution is 2.37. The minimum Gasteiger partial charge on any atom is -0.340 e. The third-order valence-corrected chi connectivity index (χ3v) is 4.48. The SMILES string of the molecule is CC1Cc2ccccc2N1c1cc(Nc2ccc(Cl)cc2)ncn1. The normalized spacial score (nSPS) is 16.1. The molecule has 0 saturated heterocycles. The average molecular weight is 337 g/mol. The molecular weight excluding hydrogens is 320 g/mol. The minimum atomic E-state index is 0.376. The molecule has 0 saturated carbocycles. The summed E-state index contributed by atoms with van der Waals surface area (Å²) in [7, 11) is 0. The molecule has 0 bridgehead atoms. The summed E-state index contributed by atoms with van der Waals surface area (Å²) in [5.74, 6) is 1.66. The van der Waals surface area contributed by atoms with Crippen LogP contribution in [0.4, 0.5) is 23.0 Å². The van der Waals surface area contributed by atoms with E-state index in [2.05, 4.69) is 51.4 Å². The summed E-state index contributed by atoms with van der Waals surface area (Å²) in [4.78, 5) is 11.1. The molecular formula is C19H17ClN4. The second-order valence-corrected chi connectivity index (χ2v) is 6.38. The molecule has 0 spiro atoms. The van der Waals surface area contributed by atoms with Gasteiger partial charge in [0, 0.05) is 28.5 Å². The Morgan fingerprint density at radius 2 is 1.88 bits per heavy atom. The number of para-hydroxylation sites is 1. The van der Waals surface area contributed by atoms with E-state index in [1.807, 2.05) is 30.3 Å². The second kappa shape index (κ2) is 6.13. The van der Waals surface area contributed by atoms with Crippen LogP contribution in [0.25, 0.3) is 0 Å². The summed E-state index contributed by atoms with van der Waals surface area (Å²) in [6, 6.07) is 18.4. The van der Waals surface area contributed by atoms with Crippen LogP contribution in [-0.4, -0.2) is 16.0 Å². The third kappa shape index (κ3) is 2.81. The summed E-state index contributed by atoms with van der Waals surface area (Å²) < 4.78 is 0. The van der Waals surface area contributed by atoms with Gasteiger partial charge in [-0.1, -0.05) is 29.8 Å². The Hall–Kier alpha value is -2.59. The second-order valence-electron chi connectivity index (χ2n) is 5.95. The fourth-order valence-electron chi connectivity index (χ4n) is 3.14. The van der Waals surface area contributed by atoms with Crippen LogP contribution < -0.4 is 10.2 Å². The van der Waals surface area contributed by atoms with Crippen molar-refractivity contribution in [3.05, 3.63) is 71.5 Å². The molecule has 0 fully saturated rings. The average Bonchev–Trinajstić information content (AvgIpc) is 2.93. The van der Waals surface area contributed by atoms with Gasteiger partial charge in [-0.05, 0) is 49.2 Å². The van der Waals surface area contributed by atoms with E-state index >= 15 is 0 Å². The van der Waals surface area contributed by atoms with E-state index in [4.69, 9.17) is 11.6 Å². The van der Waals surface area contributed by atoms with Crippen LogP contribution in [0.15, 0.2) is 60.9 Å². The van der Waals surface area contributed by atoms with Gasteiger partial charge >= 0.3 is 0 Å². The van der Waals surface area contributed by atoms with Gasteiger partial charge in [0.2, 0.25) is 0 Å². The van der Waals surface area contributed by atoms with Crippen molar-refractivity contribution in [3.8, 4) is 0 Å². The molecule has 1 unspecified atom stereocenters. The van der Waals surface area contributed by atoms with Gasteiger partial charge < -0.3 is 10.2 Å². The largest absolute Gasteiger partial charge is 0.340 e. The maximum Gasteiger partial charge on any atom is 0.138 e. The predicted octanol–water partition coefficient (Wildman–Crippen LogP) is 4.96. The predicted molar refractivity (Wildman–Crippen MR) is 98.5 cm³/mol. The molecule has 1 atom stereocenters. The molecule has 1 N–H and O–H groups in total. The Morgan fingerprint density at radius 1 is 1.08 bits per heavy atom. The van der Waals surface area contributed by atoms with E-state index in [-0.39, 0.29) is 0 Å².